The number of methoxy groups -OCH3 is 1. The lowest BCUT2D eigenvalue weighted by Gasteiger charge is -2.09. The van der Waals surface area contributed by atoms with Crippen LogP contribution in [0.1, 0.15) is 0 Å². The summed E-state index contributed by atoms with van der Waals surface area (Å²) in [5.74, 6) is 0.911. The van der Waals surface area contributed by atoms with Crippen LogP contribution in [0.5, 0.6) is 5.75 Å². The first-order valence-corrected chi connectivity index (χ1v) is 5.26. The van der Waals surface area contributed by atoms with E-state index in [0.29, 0.717) is 0 Å². The summed E-state index contributed by atoms with van der Waals surface area (Å²) in [6.45, 7) is 0. The van der Waals surface area contributed by atoms with Crippen molar-refractivity contribution in [3.63, 3.8) is 0 Å². The van der Waals surface area contributed by atoms with Gasteiger partial charge in [-0.1, -0.05) is 42.5 Å². The van der Waals surface area contributed by atoms with Gasteiger partial charge in [0.2, 0.25) is 0 Å². The van der Waals surface area contributed by atoms with E-state index in [4.69, 9.17) is 4.74 Å². The highest BCUT2D eigenvalue weighted by Crippen LogP contribution is 2.33. The molecule has 0 aromatic heterocycles. The quantitative estimate of drug-likeness (QED) is 0.551. The monoisotopic (exact) mass is 207 g/mol. The van der Waals surface area contributed by atoms with Crippen LogP contribution in [0, 0.1) is 6.07 Å². The summed E-state index contributed by atoms with van der Waals surface area (Å²) < 4.78 is 5.51. The maximum absolute atomic E-state index is 5.51. The highest BCUT2D eigenvalue weighted by atomic mass is 16.5. The van der Waals surface area contributed by atoms with Crippen LogP contribution < -0.4 is 4.74 Å². The van der Waals surface area contributed by atoms with Crippen LogP contribution >= 0.6 is 0 Å². The molecule has 3 rings (SSSR count). The Kier molecular flexibility index (Phi) is 2.03. The van der Waals surface area contributed by atoms with E-state index in [1.807, 2.05) is 24.3 Å². The zero-order chi connectivity index (χ0) is 11.0. The zero-order valence-corrected chi connectivity index (χ0v) is 9.03. The molecule has 0 amide bonds. The van der Waals surface area contributed by atoms with E-state index in [9.17, 15) is 0 Å². The predicted molar refractivity (Wildman–Crippen MR) is 66.8 cm³/mol. The fraction of sp³-hybridized carbons (Fsp3) is 0.0667. The third-order valence-corrected chi connectivity index (χ3v) is 2.84. The summed E-state index contributed by atoms with van der Waals surface area (Å²) in [7, 11) is 1.71. The van der Waals surface area contributed by atoms with Crippen molar-refractivity contribution in [2.24, 2.45) is 0 Å². The van der Waals surface area contributed by atoms with Gasteiger partial charge in [0.15, 0.2) is 0 Å². The van der Waals surface area contributed by atoms with Crippen molar-refractivity contribution in [1.82, 2.24) is 0 Å². The summed E-state index contributed by atoms with van der Waals surface area (Å²) in [5.41, 5.74) is 0. The molecule has 77 valence electrons. The molecule has 0 fully saturated rings. The third-order valence-electron chi connectivity index (χ3n) is 2.84. The summed E-state index contributed by atoms with van der Waals surface area (Å²) in [5, 5.41) is 4.55. The molecule has 0 aliphatic heterocycles. The number of hydrogen-bond donors (Lipinski definition) is 0. The highest BCUT2D eigenvalue weighted by molar-refractivity contribution is 6.04. The second-order valence-electron chi connectivity index (χ2n) is 3.77. The van der Waals surface area contributed by atoms with E-state index >= 15 is 0 Å². The van der Waals surface area contributed by atoms with Crippen molar-refractivity contribution in [1.29, 1.82) is 0 Å². The topological polar surface area (TPSA) is 9.23 Å². The minimum Gasteiger partial charge on any atom is -0.495 e. The van der Waals surface area contributed by atoms with Crippen LogP contribution in [0.25, 0.3) is 21.5 Å². The first kappa shape index (κ1) is 9.22. The number of benzene rings is 3. The Morgan fingerprint density at radius 3 is 2.69 bits per heavy atom. The first-order valence-electron chi connectivity index (χ1n) is 5.26. The Hall–Kier alpha value is -2.02. The average Bonchev–Trinajstić information content (AvgIpc) is 2.36. The van der Waals surface area contributed by atoms with Gasteiger partial charge in [0, 0.05) is 10.8 Å². The molecule has 0 saturated carbocycles. The number of hydrogen-bond acceptors (Lipinski definition) is 1. The van der Waals surface area contributed by atoms with Gasteiger partial charge in [-0.25, -0.2) is 0 Å². The van der Waals surface area contributed by atoms with Crippen LogP contribution in [0.2, 0.25) is 0 Å². The standard InChI is InChI=1S/C15H11O/c1-16-15-13-8-4-2-6-11(13)10-12-7-3-5-9-14(12)15/h2-8,10H,1H3. The Labute approximate surface area is 94.3 Å². The van der Waals surface area contributed by atoms with E-state index in [-0.39, 0.29) is 0 Å². The average molecular weight is 207 g/mol. The first-order chi connectivity index (χ1) is 7.90. The number of ether oxygens (including phenoxy) is 1. The second-order valence-corrected chi connectivity index (χ2v) is 3.77. The lowest BCUT2D eigenvalue weighted by atomic mass is 10.0. The van der Waals surface area contributed by atoms with Crippen molar-refractivity contribution >= 4 is 21.5 Å². The van der Waals surface area contributed by atoms with Gasteiger partial charge >= 0.3 is 0 Å². The molecule has 0 bridgehead atoms. The van der Waals surface area contributed by atoms with Gasteiger partial charge in [-0.05, 0) is 22.9 Å². The summed E-state index contributed by atoms with van der Waals surface area (Å²) in [6.07, 6.45) is 0. The lowest BCUT2D eigenvalue weighted by molar-refractivity contribution is 0.424. The molecule has 0 spiro atoms. The summed E-state index contributed by atoms with van der Waals surface area (Å²) in [6, 6.07) is 19.7. The molecule has 16 heavy (non-hydrogen) atoms. The smallest absolute Gasteiger partial charge is 0.135 e. The van der Waals surface area contributed by atoms with Crippen LogP contribution in [-0.2, 0) is 0 Å². The molecule has 0 aliphatic carbocycles. The van der Waals surface area contributed by atoms with Gasteiger partial charge in [0.25, 0.3) is 0 Å². The van der Waals surface area contributed by atoms with Crippen molar-refractivity contribution in [2.45, 2.75) is 0 Å². The third kappa shape index (κ3) is 1.25. The van der Waals surface area contributed by atoms with Crippen LogP contribution in [0.3, 0.4) is 0 Å². The van der Waals surface area contributed by atoms with Crippen molar-refractivity contribution < 1.29 is 4.74 Å². The maximum Gasteiger partial charge on any atom is 0.135 e. The molecule has 0 heterocycles. The van der Waals surface area contributed by atoms with Gasteiger partial charge < -0.3 is 4.74 Å². The molecule has 1 radical (unpaired) electrons. The van der Waals surface area contributed by atoms with Gasteiger partial charge in [-0.3, -0.25) is 0 Å². The minimum atomic E-state index is 0.911. The molecule has 0 unspecified atom stereocenters. The van der Waals surface area contributed by atoms with E-state index in [1.54, 1.807) is 7.11 Å². The lowest BCUT2D eigenvalue weighted by Crippen LogP contribution is -1.87. The molecule has 0 N–H and O–H groups in total. The Bertz CT molecular complexity index is 602. The van der Waals surface area contributed by atoms with E-state index in [0.717, 1.165) is 21.9 Å². The van der Waals surface area contributed by atoms with E-state index in [1.165, 1.54) is 5.39 Å². The second kappa shape index (κ2) is 3.53. The molecule has 1 nitrogen and oxygen atoms in total. The fourth-order valence-corrected chi connectivity index (χ4v) is 2.11. The van der Waals surface area contributed by atoms with Crippen molar-refractivity contribution in [2.75, 3.05) is 7.11 Å². The molecule has 1 heteroatoms. The van der Waals surface area contributed by atoms with Gasteiger partial charge in [-0.2, -0.15) is 0 Å². The van der Waals surface area contributed by atoms with Crippen LogP contribution in [0.15, 0.2) is 48.5 Å². The number of rotatable bonds is 1. The van der Waals surface area contributed by atoms with Gasteiger partial charge in [-0.15, -0.1) is 0 Å². The summed E-state index contributed by atoms with van der Waals surface area (Å²) in [4.78, 5) is 0. The molecule has 0 atom stereocenters. The predicted octanol–water partition coefficient (Wildman–Crippen LogP) is 3.80. The Morgan fingerprint density at radius 1 is 1.00 bits per heavy atom. The zero-order valence-electron chi connectivity index (χ0n) is 9.03. The van der Waals surface area contributed by atoms with Gasteiger partial charge in [0.05, 0.1) is 7.11 Å². The number of fused-ring (bicyclic) bond motifs is 2. The molecule has 3 aromatic rings. The maximum atomic E-state index is 5.51. The Morgan fingerprint density at radius 2 is 1.81 bits per heavy atom. The van der Waals surface area contributed by atoms with Crippen molar-refractivity contribution in [3.05, 3.63) is 54.6 Å². The van der Waals surface area contributed by atoms with Crippen molar-refractivity contribution in [3.8, 4) is 5.75 Å². The molecular formula is C15H11O. The largest absolute Gasteiger partial charge is 0.495 e. The fourth-order valence-electron chi connectivity index (χ4n) is 2.11. The van der Waals surface area contributed by atoms with Gasteiger partial charge in [0.1, 0.15) is 5.75 Å². The molecular weight excluding hydrogens is 196 g/mol. The normalized spacial score (nSPS) is 10.8. The Balaban J connectivity index is 2.56. The van der Waals surface area contributed by atoms with Crippen LogP contribution in [0.4, 0.5) is 0 Å². The van der Waals surface area contributed by atoms with E-state index in [2.05, 4.69) is 30.3 Å². The highest BCUT2D eigenvalue weighted by Gasteiger charge is 2.06. The SMILES string of the molecule is COc1c2[c]cccc2cc2ccccc12. The van der Waals surface area contributed by atoms with Crippen LogP contribution in [-0.4, -0.2) is 7.11 Å². The molecule has 0 saturated heterocycles. The van der Waals surface area contributed by atoms with E-state index < -0.39 is 0 Å². The molecule has 0 aliphatic rings. The summed E-state index contributed by atoms with van der Waals surface area (Å²) >= 11 is 0. The minimum absolute atomic E-state index is 0.911. The molecule has 3 aromatic carbocycles.